The van der Waals surface area contributed by atoms with Crippen molar-refractivity contribution < 1.29 is 17.9 Å². The number of nitrogens with zero attached hydrogens (tertiary/aromatic N) is 1. The molecule has 0 amide bonds. The highest BCUT2D eigenvalue weighted by molar-refractivity contribution is 7.89. The normalized spacial score (nSPS) is 15.4. The largest absolute Gasteiger partial charge is 0.493 e. The fourth-order valence-corrected chi connectivity index (χ4v) is 4.58. The topological polar surface area (TPSA) is 55.8 Å². The Morgan fingerprint density at radius 3 is 2.29 bits per heavy atom. The third kappa shape index (κ3) is 2.99. The molecule has 6 heteroatoms. The molecule has 0 spiro atoms. The van der Waals surface area contributed by atoms with Crippen LogP contribution in [0.15, 0.2) is 47.4 Å². The molecule has 1 aliphatic rings. The van der Waals surface area contributed by atoms with Gasteiger partial charge in [-0.1, -0.05) is 24.3 Å². The van der Waals surface area contributed by atoms with Crippen LogP contribution in [-0.4, -0.2) is 40.0 Å². The first-order chi connectivity index (χ1) is 11.6. The summed E-state index contributed by atoms with van der Waals surface area (Å²) in [7, 11) is -0.260. The first-order valence-corrected chi connectivity index (χ1v) is 9.30. The molecule has 2 aromatic carbocycles. The molecule has 24 heavy (non-hydrogen) atoms. The minimum absolute atomic E-state index is 0.334. The molecule has 0 saturated heterocycles. The molecule has 0 unspecified atom stereocenters. The van der Waals surface area contributed by atoms with E-state index in [0.29, 0.717) is 42.3 Å². The monoisotopic (exact) mass is 347 g/mol. The summed E-state index contributed by atoms with van der Waals surface area (Å²) in [5.74, 6) is 1.38. The average molecular weight is 347 g/mol. The van der Waals surface area contributed by atoms with Gasteiger partial charge in [-0.15, -0.1) is 0 Å². The smallest absolute Gasteiger partial charge is 0.243 e. The van der Waals surface area contributed by atoms with Crippen LogP contribution in [0.2, 0.25) is 0 Å². The van der Waals surface area contributed by atoms with E-state index in [1.807, 2.05) is 18.2 Å². The highest BCUT2D eigenvalue weighted by Crippen LogP contribution is 2.35. The van der Waals surface area contributed by atoms with Crippen LogP contribution >= 0.6 is 0 Å². The summed E-state index contributed by atoms with van der Waals surface area (Å²) in [6.45, 7) is 0.882. The SMILES string of the molecule is COc1ccc2c(c1OC)CCN(S(=O)(=O)c1ccccc1)CC2. The van der Waals surface area contributed by atoms with Gasteiger partial charge < -0.3 is 9.47 Å². The number of sulfonamides is 1. The third-order valence-corrected chi connectivity index (χ3v) is 6.28. The molecule has 0 bridgehead atoms. The van der Waals surface area contributed by atoms with E-state index < -0.39 is 10.0 Å². The highest BCUT2D eigenvalue weighted by atomic mass is 32.2. The van der Waals surface area contributed by atoms with Crippen LogP contribution in [0.1, 0.15) is 11.1 Å². The van der Waals surface area contributed by atoms with Crippen LogP contribution in [-0.2, 0) is 22.9 Å². The minimum Gasteiger partial charge on any atom is -0.493 e. The van der Waals surface area contributed by atoms with Gasteiger partial charge >= 0.3 is 0 Å². The van der Waals surface area contributed by atoms with Crippen LogP contribution in [0.4, 0.5) is 0 Å². The van der Waals surface area contributed by atoms with E-state index in [1.54, 1.807) is 42.8 Å². The van der Waals surface area contributed by atoms with Gasteiger partial charge in [0.1, 0.15) is 0 Å². The van der Waals surface area contributed by atoms with E-state index in [0.717, 1.165) is 11.1 Å². The molecule has 0 radical (unpaired) electrons. The summed E-state index contributed by atoms with van der Waals surface area (Å²) < 4.78 is 38.1. The van der Waals surface area contributed by atoms with Crippen molar-refractivity contribution in [3.63, 3.8) is 0 Å². The zero-order valence-corrected chi connectivity index (χ0v) is 14.7. The Morgan fingerprint density at radius 2 is 1.62 bits per heavy atom. The summed E-state index contributed by atoms with van der Waals surface area (Å²) in [6, 6.07) is 12.4. The molecule has 2 aromatic rings. The predicted molar refractivity (Wildman–Crippen MR) is 92.2 cm³/mol. The van der Waals surface area contributed by atoms with Crippen LogP contribution in [0.5, 0.6) is 11.5 Å². The van der Waals surface area contributed by atoms with Crippen molar-refractivity contribution in [2.24, 2.45) is 0 Å². The molecule has 0 fully saturated rings. The van der Waals surface area contributed by atoms with Crippen LogP contribution in [0.25, 0.3) is 0 Å². The van der Waals surface area contributed by atoms with Crippen LogP contribution in [0, 0.1) is 0 Å². The van der Waals surface area contributed by atoms with E-state index in [9.17, 15) is 8.42 Å². The van der Waals surface area contributed by atoms with Gasteiger partial charge in [-0.2, -0.15) is 4.31 Å². The quantitative estimate of drug-likeness (QED) is 0.853. The zero-order valence-electron chi connectivity index (χ0n) is 13.9. The molecule has 0 N–H and O–H groups in total. The lowest BCUT2D eigenvalue weighted by Crippen LogP contribution is -2.33. The van der Waals surface area contributed by atoms with Crippen molar-refractivity contribution >= 4 is 10.0 Å². The summed E-state index contributed by atoms with van der Waals surface area (Å²) >= 11 is 0. The Bertz CT molecular complexity index is 818. The fourth-order valence-electron chi connectivity index (χ4n) is 3.12. The molecule has 0 aliphatic carbocycles. The van der Waals surface area contributed by atoms with Crippen molar-refractivity contribution in [2.45, 2.75) is 17.7 Å². The Balaban J connectivity index is 1.91. The second-order valence-corrected chi connectivity index (χ2v) is 7.59. The van der Waals surface area contributed by atoms with Crippen molar-refractivity contribution in [3.8, 4) is 11.5 Å². The summed E-state index contributed by atoms with van der Waals surface area (Å²) in [5.41, 5.74) is 2.14. The maximum atomic E-state index is 12.8. The number of rotatable bonds is 4. The van der Waals surface area contributed by atoms with Gasteiger partial charge in [0.05, 0.1) is 19.1 Å². The lowest BCUT2D eigenvalue weighted by atomic mass is 10.0. The maximum Gasteiger partial charge on any atom is 0.243 e. The second-order valence-electron chi connectivity index (χ2n) is 5.66. The van der Waals surface area contributed by atoms with Gasteiger partial charge in [-0.25, -0.2) is 8.42 Å². The summed E-state index contributed by atoms with van der Waals surface area (Å²) in [4.78, 5) is 0.334. The Morgan fingerprint density at radius 1 is 0.917 bits per heavy atom. The van der Waals surface area contributed by atoms with Crippen molar-refractivity contribution in [1.29, 1.82) is 0 Å². The Labute approximate surface area is 142 Å². The van der Waals surface area contributed by atoms with Crippen molar-refractivity contribution in [1.82, 2.24) is 4.31 Å². The van der Waals surface area contributed by atoms with Gasteiger partial charge in [0, 0.05) is 18.7 Å². The standard InChI is InChI=1S/C18H21NO4S/c1-22-17-9-8-14-10-12-19(13-11-16(14)18(17)23-2)24(20,21)15-6-4-3-5-7-15/h3-9H,10-13H2,1-2H3. The minimum atomic E-state index is -3.48. The molecule has 128 valence electrons. The molecular weight excluding hydrogens is 326 g/mol. The maximum absolute atomic E-state index is 12.8. The number of hydrogen-bond acceptors (Lipinski definition) is 4. The fraction of sp³-hybridized carbons (Fsp3) is 0.333. The zero-order chi connectivity index (χ0) is 17.2. The van der Waals surface area contributed by atoms with E-state index in [2.05, 4.69) is 0 Å². The van der Waals surface area contributed by atoms with Crippen LogP contribution in [0.3, 0.4) is 0 Å². The number of methoxy groups -OCH3 is 2. The van der Waals surface area contributed by atoms with E-state index in [-0.39, 0.29) is 0 Å². The lowest BCUT2D eigenvalue weighted by molar-refractivity contribution is 0.350. The van der Waals surface area contributed by atoms with Gasteiger partial charge in [-0.05, 0) is 36.6 Å². The first-order valence-electron chi connectivity index (χ1n) is 7.86. The average Bonchev–Trinajstić information content (AvgIpc) is 2.84. The number of ether oxygens (including phenoxy) is 2. The van der Waals surface area contributed by atoms with E-state index in [1.165, 1.54) is 0 Å². The molecule has 0 aromatic heterocycles. The van der Waals surface area contributed by atoms with Gasteiger partial charge in [0.25, 0.3) is 0 Å². The number of hydrogen-bond donors (Lipinski definition) is 0. The Hall–Kier alpha value is -2.05. The highest BCUT2D eigenvalue weighted by Gasteiger charge is 2.28. The number of fused-ring (bicyclic) bond motifs is 1. The number of benzene rings is 2. The predicted octanol–water partition coefficient (Wildman–Crippen LogP) is 2.49. The van der Waals surface area contributed by atoms with E-state index in [4.69, 9.17) is 9.47 Å². The molecule has 0 atom stereocenters. The first kappa shape index (κ1) is 16.8. The van der Waals surface area contributed by atoms with Gasteiger partial charge in [0.2, 0.25) is 10.0 Å². The molecule has 1 heterocycles. The molecular formula is C18H21NO4S. The molecule has 5 nitrogen and oxygen atoms in total. The summed E-state index contributed by atoms with van der Waals surface area (Å²) in [5, 5.41) is 0. The van der Waals surface area contributed by atoms with E-state index >= 15 is 0 Å². The third-order valence-electron chi connectivity index (χ3n) is 4.37. The molecule has 1 aliphatic heterocycles. The van der Waals surface area contributed by atoms with Gasteiger partial charge in [-0.3, -0.25) is 0 Å². The molecule has 3 rings (SSSR count). The Kier molecular flexibility index (Phi) is 4.78. The molecule has 0 saturated carbocycles. The van der Waals surface area contributed by atoms with Crippen molar-refractivity contribution in [2.75, 3.05) is 27.3 Å². The lowest BCUT2D eigenvalue weighted by Gasteiger charge is -2.19. The van der Waals surface area contributed by atoms with Crippen LogP contribution < -0.4 is 9.47 Å². The van der Waals surface area contributed by atoms with Crippen molar-refractivity contribution in [3.05, 3.63) is 53.6 Å². The van der Waals surface area contributed by atoms with Gasteiger partial charge in [0.15, 0.2) is 11.5 Å². The second kappa shape index (κ2) is 6.83. The summed E-state index contributed by atoms with van der Waals surface area (Å²) in [6.07, 6.45) is 1.25.